The third-order valence-electron chi connectivity index (χ3n) is 6.64. The van der Waals surface area contributed by atoms with Crippen LogP contribution in [-0.4, -0.2) is 59.1 Å². The number of halogens is 1. The minimum absolute atomic E-state index is 0.154. The van der Waals surface area contributed by atoms with Gasteiger partial charge in [-0.05, 0) is 73.4 Å². The molecule has 1 atom stereocenters. The monoisotopic (exact) mass is 525 g/mol. The molecule has 1 aliphatic heterocycles. The van der Waals surface area contributed by atoms with Crippen molar-refractivity contribution >= 4 is 29.8 Å². The maximum atomic E-state index is 12.2. The van der Waals surface area contributed by atoms with Gasteiger partial charge in [-0.15, -0.1) is 0 Å². The first-order valence-corrected chi connectivity index (χ1v) is 13.3. The first-order valence-electron chi connectivity index (χ1n) is 12.1. The number of carbonyl (C=O) groups excluding carboxylic acids is 1. The lowest BCUT2D eigenvalue weighted by atomic mass is 9.98. The Hall–Kier alpha value is -2.58. The Bertz CT molecular complexity index is 1150. The molecule has 1 amide bonds. The van der Waals surface area contributed by atoms with E-state index in [1.165, 1.54) is 5.56 Å². The normalized spacial score (nSPS) is 15.5. The summed E-state index contributed by atoms with van der Waals surface area (Å²) in [6.45, 7) is 5.14. The van der Waals surface area contributed by atoms with Crippen molar-refractivity contribution in [2.45, 2.75) is 48.3 Å². The fourth-order valence-electron chi connectivity index (χ4n) is 4.68. The minimum atomic E-state index is -0.159. The Morgan fingerprint density at radius 1 is 1.19 bits per heavy atom. The molecule has 1 aliphatic rings. The van der Waals surface area contributed by atoms with Gasteiger partial charge in [-0.2, -0.15) is 0 Å². The van der Waals surface area contributed by atoms with Crippen LogP contribution in [0, 0.1) is 6.92 Å². The molecular weight excluding hydrogens is 494 g/mol. The number of ether oxygens (including phenoxy) is 1. The molecule has 36 heavy (non-hydrogen) atoms. The molecule has 0 spiro atoms. The molecule has 6 nitrogen and oxygen atoms in total. The van der Waals surface area contributed by atoms with Gasteiger partial charge in [0.1, 0.15) is 10.8 Å². The van der Waals surface area contributed by atoms with Crippen molar-refractivity contribution in [2.24, 2.45) is 0 Å². The number of rotatable bonds is 10. The Morgan fingerprint density at radius 2 is 1.94 bits per heavy atom. The van der Waals surface area contributed by atoms with Crippen LogP contribution in [0.2, 0.25) is 5.02 Å². The molecule has 1 aromatic heterocycles. The lowest BCUT2D eigenvalue weighted by molar-refractivity contribution is -0.125. The maximum absolute atomic E-state index is 12.2. The van der Waals surface area contributed by atoms with Crippen LogP contribution in [-0.2, 0) is 16.1 Å². The summed E-state index contributed by atoms with van der Waals surface area (Å²) in [5, 5.41) is 11.1. The Kier molecular flexibility index (Phi) is 9.26. The average Bonchev–Trinajstić information content (AvgIpc) is 2.88. The maximum Gasteiger partial charge on any atom is 0.210 e. The summed E-state index contributed by atoms with van der Waals surface area (Å²) in [4.78, 5) is 22.4. The number of piperidine rings is 1. The van der Waals surface area contributed by atoms with E-state index in [1.54, 1.807) is 31.0 Å². The predicted molar refractivity (Wildman–Crippen MR) is 143 cm³/mol. The number of aryl methyl sites for hydroxylation is 1. The fraction of sp³-hybridized carbons (Fsp3) is 0.357. The summed E-state index contributed by atoms with van der Waals surface area (Å²) in [5.74, 6) is 0.262. The van der Waals surface area contributed by atoms with Crippen LogP contribution in [0.4, 0.5) is 0 Å². The molecule has 0 aliphatic carbocycles. The zero-order valence-electron chi connectivity index (χ0n) is 20.6. The summed E-state index contributed by atoms with van der Waals surface area (Å²) in [7, 11) is 1.66. The molecule has 2 heterocycles. The highest BCUT2D eigenvalue weighted by atomic mass is 35.5. The minimum Gasteiger partial charge on any atom is -0.508 e. The molecule has 1 N–H and O–H groups in total. The second-order valence-electron chi connectivity index (χ2n) is 9.08. The fourth-order valence-corrected chi connectivity index (χ4v) is 5.71. The number of phenols is 1. The molecule has 0 bridgehead atoms. The van der Waals surface area contributed by atoms with E-state index in [-0.39, 0.29) is 17.8 Å². The second kappa shape index (κ2) is 12.6. The molecule has 1 fully saturated rings. The highest BCUT2D eigenvalue weighted by Gasteiger charge is 2.30. The van der Waals surface area contributed by atoms with Gasteiger partial charge in [0, 0.05) is 48.4 Å². The van der Waals surface area contributed by atoms with Crippen LogP contribution in [0.25, 0.3) is 0 Å². The number of benzene rings is 2. The molecule has 2 aromatic carbocycles. The molecule has 3 aromatic rings. The highest BCUT2D eigenvalue weighted by molar-refractivity contribution is 7.99. The van der Waals surface area contributed by atoms with Crippen molar-refractivity contribution in [3.05, 3.63) is 82.5 Å². The number of aromatic nitrogens is 1. The van der Waals surface area contributed by atoms with Crippen LogP contribution >= 0.6 is 23.4 Å². The van der Waals surface area contributed by atoms with E-state index in [1.807, 2.05) is 41.3 Å². The van der Waals surface area contributed by atoms with E-state index >= 15 is 0 Å². The zero-order valence-corrected chi connectivity index (χ0v) is 22.2. The number of nitrogens with zero attached hydrogens (tertiary/aromatic N) is 3. The van der Waals surface area contributed by atoms with Crippen molar-refractivity contribution < 1.29 is 14.6 Å². The predicted octanol–water partition coefficient (Wildman–Crippen LogP) is 5.71. The Balaban J connectivity index is 1.36. The average molecular weight is 526 g/mol. The van der Waals surface area contributed by atoms with Crippen LogP contribution in [0.3, 0.4) is 0 Å². The van der Waals surface area contributed by atoms with E-state index in [2.05, 4.69) is 24.0 Å². The molecule has 190 valence electrons. The molecular formula is C28H32ClN3O3S. The van der Waals surface area contributed by atoms with Crippen molar-refractivity contribution in [1.82, 2.24) is 14.8 Å². The van der Waals surface area contributed by atoms with E-state index in [0.717, 1.165) is 60.1 Å². The summed E-state index contributed by atoms with van der Waals surface area (Å²) >= 11 is 7.80. The first kappa shape index (κ1) is 26.5. The summed E-state index contributed by atoms with van der Waals surface area (Å²) in [6.07, 6.45) is 2.77. The summed E-state index contributed by atoms with van der Waals surface area (Å²) < 4.78 is 5.46. The number of carbonyl (C=O) groups is 1. The third-order valence-corrected chi connectivity index (χ3v) is 7.82. The standard InChI is InChI=1S/C28H32ClN3O3S/c1-20-22(6-11-28(30-20)36-26-9-7-25(34)8-10-26)17-31-14-12-24(13-15-31)32(19-33)27(18-35-2)21-4-3-5-23(29)16-21/h3-11,16,19,24,27,34H,12-15,17-18H2,1-2H3. The van der Waals surface area contributed by atoms with Crippen LogP contribution in [0.15, 0.2) is 70.6 Å². The van der Waals surface area contributed by atoms with E-state index < -0.39 is 0 Å². The van der Waals surface area contributed by atoms with Gasteiger partial charge < -0.3 is 14.7 Å². The molecule has 8 heteroatoms. The van der Waals surface area contributed by atoms with Crippen molar-refractivity contribution in [3.63, 3.8) is 0 Å². The van der Waals surface area contributed by atoms with Gasteiger partial charge in [0.05, 0.1) is 12.6 Å². The number of aromatic hydroxyl groups is 1. The smallest absolute Gasteiger partial charge is 0.210 e. The largest absolute Gasteiger partial charge is 0.508 e. The SMILES string of the molecule is COCC(c1cccc(Cl)c1)N(C=O)C1CCN(Cc2ccc(Sc3ccc(O)cc3)nc2C)CC1. The quantitative estimate of drug-likeness (QED) is 0.342. The van der Waals surface area contributed by atoms with Gasteiger partial charge in [-0.25, -0.2) is 4.98 Å². The zero-order chi connectivity index (χ0) is 25.5. The van der Waals surface area contributed by atoms with Gasteiger partial charge in [-0.3, -0.25) is 9.69 Å². The van der Waals surface area contributed by atoms with E-state index in [0.29, 0.717) is 11.6 Å². The van der Waals surface area contributed by atoms with Crippen molar-refractivity contribution in [3.8, 4) is 5.75 Å². The van der Waals surface area contributed by atoms with Crippen LogP contribution < -0.4 is 0 Å². The van der Waals surface area contributed by atoms with E-state index in [9.17, 15) is 9.90 Å². The second-order valence-corrected chi connectivity index (χ2v) is 10.6. The molecule has 1 unspecified atom stereocenters. The number of likely N-dealkylation sites (tertiary alicyclic amines) is 1. The third kappa shape index (κ3) is 6.79. The number of pyridine rings is 1. The number of hydrogen-bond donors (Lipinski definition) is 1. The van der Waals surface area contributed by atoms with Crippen molar-refractivity contribution in [1.29, 1.82) is 0 Å². The molecule has 1 saturated heterocycles. The first-order chi connectivity index (χ1) is 17.5. The number of hydrogen-bond acceptors (Lipinski definition) is 6. The van der Waals surface area contributed by atoms with Crippen molar-refractivity contribution in [2.75, 3.05) is 26.8 Å². The van der Waals surface area contributed by atoms with Gasteiger partial charge in [-0.1, -0.05) is 41.6 Å². The van der Waals surface area contributed by atoms with Gasteiger partial charge in [0.25, 0.3) is 0 Å². The Morgan fingerprint density at radius 3 is 2.58 bits per heavy atom. The number of methoxy groups -OCH3 is 1. The lowest BCUT2D eigenvalue weighted by Crippen LogP contribution is -2.46. The molecule has 0 saturated carbocycles. The lowest BCUT2D eigenvalue weighted by Gasteiger charge is -2.40. The van der Waals surface area contributed by atoms with Gasteiger partial charge in [0.15, 0.2) is 0 Å². The molecule has 4 rings (SSSR count). The van der Waals surface area contributed by atoms with Crippen LogP contribution in [0.1, 0.15) is 35.7 Å². The Labute approximate surface area is 222 Å². The van der Waals surface area contributed by atoms with Crippen LogP contribution in [0.5, 0.6) is 5.75 Å². The summed E-state index contributed by atoms with van der Waals surface area (Å²) in [5.41, 5.74) is 3.23. The molecule has 0 radical (unpaired) electrons. The summed E-state index contributed by atoms with van der Waals surface area (Å²) in [6, 6.07) is 19.0. The highest BCUT2D eigenvalue weighted by Crippen LogP contribution is 2.30. The van der Waals surface area contributed by atoms with E-state index in [4.69, 9.17) is 21.3 Å². The van der Waals surface area contributed by atoms with Gasteiger partial charge >= 0.3 is 0 Å². The topological polar surface area (TPSA) is 65.9 Å². The van der Waals surface area contributed by atoms with Gasteiger partial charge in [0.2, 0.25) is 6.41 Å². The number of phenolic OH excluding ortho intramolecular Hbond substituents is 1. The number of amides is 1.